The highest BCUT2D eigenvalue weighted by atomic mass is 16.5. The van der Waals surface area contributed by atoms with Gasteiger partial charge in [0.15, 0.2) is 0 Å². The molecule has 0 N–H and O–H groups in total. The highest BCUT2D eigenvalue weighted by Gasteiger charge is 2.09. The summed E-state index contributed by atoms with van der Waals surface area (Å²) in [6.07, 6.45) is 3.88. The summed E-state index contributed by atoms with van der Waals surface area (Å²) in [6, 6.07) is 7.71. The Kier molecular flexibility index (Phi) is 4.88. The van der Waals surface area contributed by atoms with Crippen LogP contribution in [0.4, 0.5) is 0 Å². The van der Waals surface area contributed by atoms with E-state index in [1.165, 1.54) is 19.3 Å². The summed E-state index contributed by atoms with van der Waals surface area (Å²) in [7, 11) is 0. The Morgan fingerprint density at radius 1 is 1.17 bits per heavy atom. The number of hydrogen-bond donors (Lipinski definition) is 0. The molecule has 1 saturated heterocycles. The van der Waals surface area contributed by atoms with Crippen molar-refractivity contribution in [3.63, 3.8) is 0 Å². The lowest BCUT2D eigenvalue weighted by Crippen LogP contribution is -2.33. The van der Waals surface area contributed by atoms with Crippen molar-refractivity contribution in [1.82, 2.24) is 4.90 Å². The largest absolute Gasteiger partial charge is 0.478 e. The molecule has 5 nitrogen and oxygen atoms in total. The highest BCUT2D eigenvalue weighted by Crippen LogP contribution is 2.14. The van der Waals surface area contributed by atoms with Crippen LogP contribution >= 0.6 is 0 Å². The normalized spacial score (nSPS) is 16.0. The van der Waals surface area contributed by atoms with Crippen LogP contribution in [-0.2, 0) is 6.54 Å². The van der Waals surface area contributed by atoms with Gasteiger partial charge in [0.2, 0.25) is 0 Å². The molecule has 1 aliphatic heterocycles. The van der Waals surface area contributed by atoms with Crippen LogP contribution in [0.1, 0.15) is 24.8 Å². The van der Waals surface area contributed by atoms with Crippen molar-refractivity contribution >= 4 is 0 Å². The molecule has 0 aromatic heterocycles. The van der Waals surface area contributed by atoms with Gasteiger partial charge in [0, 0.05) is 18.0 Å². The number of ether oxygens (including phenoxy) is 1. The van der Waals surface area contributed by atoms with E-state index in [0.717, 1.165) is 24.4 Å². The molecule has 0 amide bonds. The van der Waals surface area contributed by atoms with E-state index in [1.807, 2.05) is 24.3 Å². The number of likely N-dealkylation sites (tertiary alicyclic amines) is 1. The van der Waals surface area contributed by atoms with Gasteiger partial charge >= 0.3 is 0 Å². The molecule has 96 valence electrons. The molecule has 0 bridgehead atoms. The van der Waals surface area contributed by atoms with Crippen molar-refractivity contribution in [2.75, 3.05) is 19.8 Å². The second-order valence-electron chi connectivity index (χ2n) is 4.49. The molecule has 1 heterocycles. The Balaban J connectivity index is 1.80. The molecular formula is C13H18N4O. The molecule has 1 fully saturated rings. The molecule has 0 radical (unpaired) electrons. The maximum absolute atomic E-state index is 8.24. The average Bonchev–Trinajstić information content (AvgIpc) is 2.45. The monoisotopic (exact) mass is 246 g/mol. The molecule has 0 unspecified atom stereocenters. The molecule has 5 heteroatoms. The van der Waals surface area contributed by atoms with Crippen LogP contribution in [0.5, 0.6) is 5.75 Å². The molecule has 18 heavy (non-hydrogen) atoms. The predicted molar refractivity (Wildman–Crippen MR) is 70.2 cm³/mol. The molecule has 2 rings (SSSR count). The minimum absolute atomic E-state index is 0.392. The van der Waals surface area contributed by atoms with E-state index in [9.17, 15) is 0 Å². The Morgan fingerprint density at radius 3 is 2.56 bits per heavy atom. The Morgan fingerprint density at radius 2 is 1.89 bits per heavy atom. The second kappa shape index (κ2) is 6.89. The summed E-state index contributed by atoms with van der Waals surface area (Å²) in [5.41, 5.74) is 9.24. The smallest absolute Gasteiger partial charge is 0.142 e. The summed E-state index contributed by atoms with van der Waals surface area (Å²) in [5.74, 6) is 0.866. The molecule has 1 aromatic rings. The zero-order valence-corrected chi connectivity index (χ0v) is 10.5. The lowest BCUT2D eigenvalue weighted by molar-refractivity contribution is 0.106. The van der Waals surface area contributed by atoms with Crippen LogP contribution in [0.15, 0.2) is 29.4 Å². The van der Waals surface area contributed by atoms with Crippen LogP contribution < -0.4 is 4.74 Å². The van der Waals surface area contributed by atoms with Gasteiger partial charge in [-0.15, -0.1) is 0 Å². The SMILES string of the molecule is [N-]=[N+]=NCc1ccc(OCN2CCCCC2)cc1. The quantitative estimate of drug-likeness (QED) is 0.454. The number of hydrogen-bond acceptors (Lipinski definition) is 3. The minimum atomic E-state index is 0.392. The van der Waals surface area contributed by atoms with Gasteiger partial charge in [-0.05, 0) is 36.1 Å². The van der Waals surface area contributed by atoms with E-state index >= 15 is 0 Å². The van der Waals surface area contributed by atoms with Crippen molar-refractivity contribution in [2.45, 2.75) is 25.8 Å². The Labute approximate surface area is 107 Å². The van der Waals surface area contributed by atoms with Gasteiger partial charge in [0.25, 0.3) is 0 Å². The van der Waals surface area contributed by atoms with Crippen LogP contribution in [0, 0.1) is 0 Å². The van der Waals surface area contributed by atoms with Crippen LogP contribution in [-0.4, -0.2) is 24.7 Å². The van der Waals surface area contributed by atoms with E-state index in [-0.39, 0.29) is 0 Å². The fourth-order valence-corrected chi connectivity index (χ4v) is 2.06. The number of azide groups is 1. The van der Waals surface area contributed by atoms with Crippen molar-refractivity contribution < 1.29 is 4.74 Å². The molecule has 1 aromatic carbocycles. The molecular weight excluding hydrogens is 228 g/mol. The first-order chi connectivity index (χ1) is 8.88. The van der Waals surface area contributed by atoms with E-state index < -0.39 is 0 Å². The Bertz CT molecular complexity index is 406. The maximum atomic E-state index is 8.24. The first kappa shape index (κ1) is 12.7. The molecule has 0 spiro atoms. The average molecular weight is 246 g/mol. The Hall–Kier alpha value is -1.71. The van der Waals surface area contributed by atoms with Crippen molar-refractivity contribution in [1.29, 1.82) is 0 Å². The summed E-state index contributed by atoms with van der Waals surface area (Å²) in [4.78, 5) is 5.07. The summed E-state index contributed by atoms with van der Waals surface area (Å²) < 4.78 is 5.73. The predicted octanol–water partition coefficient (Wildman–Crippen LogP) is 3.32. The van der Waals surface area contributed by atoms with Crippen molar-refractivity contribution in [3.8, 4) is 5.75 Å². The standard InChI is InChI=1S/C13H18N4O/c14-16-15-10-12-4-6-13(7-5-12)18-11-17-8-2-1-3-9-17/h4-7H,1-3,8-11H2. The molecule has 0 aliphatic carbocycles. The van der Waals surface area contributed by atoms with Gasteiger partial charge in [-0.1, -0.05) is 23.7 Å². The summed E-state index contributed by atoms with van der Waals surface area (Å²) in [5, 5.41) is 3.52. The third-order valence-corrected chi connectivity index (χ3v) is 3.10. The van der Waals surface area contributed by atoms with E-state index in [2.05, 4.69) is 14.9 Å². The maximum Gasteiger partial charge on any atom is 0.142 e. The van der Waals surface area contributed by atoms with Crippen LogP contribution in [0.2, 0.25) is 0 Å². The zero-order valence-electron chi connectivity index (χ0n) is 10.5. The summed E-state index contributed by atoms with van der Waals surface area (Å²) in [6.45, 7) is 3.32. The molecule has 0 atom stereocenters. The number of benzene rings is 1. The zero-order chi connectivity index (χ0) is 12.6. The number of nitrogens with zero attached hydrogens (tertiary/aromatic N) is 4. The minimum Gasteiger partial charge on any atom is -0.478 e. The van der Waals surface area contributed by atoms with Crippen molar-refractivity contribution in [2.24, 2.45) is 5.11 Å². The van der Waals surface area contributed by atoms with E-state index in [0.29, 0.717) is 13.3 Å². The first-order valence-corrected chi connectivity index (χ1v) is 6.33. The third-order valence-electron chi connectivity index (χ3n) is 3.10. The fraction of sp³-hybridized carbons (Fsp3) is 0.538. The second-order valence-corrected chi connectivity index (χ2v) is 4.49. The molecule has 0 saturated carbocycles. The third kappa shape index (κ3) is 3.95. The lowest BCUT2D eigenvalue weighted by Gasteiger charge is -2.26. The first-order valence-electron chi connectivity index (χ1n) is 6.33. The van der Waals surface area contributed by atoms with Gasteiger partial charge < -0.3 is 4.74 Å². The van der Waals surface area contributed by atoms with Gasteiger partial charge in [-0.25, -0.2) is 0 Å². The van der Waals surface area contributed by atoms with Gasteiger partial charge in [0.1, 0.15) is 12.5 Å². The van der Waals surface area contributed by atoms with E-state index in [1.54, 1.807) is 0 Å². The highest BCUT2D eigenvalue weighted by molar-refractivity contribution is 5.27. The van der Waals surface area contributed by atoms with Gasteiger partial charge in [-0.3, -0.25) is 4.90 Å². The van der Waals surface area contributed by atoms with Crippen molar-refractivity contribution in [3.05, 3.63) is 40.3 Å². The van der Waals surface area contributed by atoms with Crippen LogP contribution in [0.25, 0.3) is 10.4 Å². The molecule has 1 aliphatic rings. The van der Waals surface area contributed by atoms with Crippen LogP contribution in [0.3, 0.4) is 0 Å². The topological polar surface area (TPSA) is 61.2 Å². The summed E-state index contributed by atoms with van der Waals surface area (Å²) >= 11 is 0. The lowest BCUT2D eigenvalue weighted by atomic mass is 10.1. The van der Waals surface area contributed by atoms with E-state index in [4.69, 9.17) is 10.3 Å². The number of rotatable bonds is 5. The fourth-order valence-electron chi connectivity index (χ4n) is 2.06. The van der Waals surface area contributed by atoms with Gasteiger partial charge in [0.05, 0.1) is 6.54 Å². The number of piperidine rings is 1. The van der Waals surface area contributed by atoms with Gasteiger partial charge in [-0.2, -0.15) is 0 Å².